The number of hydrogen-bond acceptors (Lipinski definition) is 5. The SMILES string of the molecule is CC(c1nnc(C(Cl)c2ccccc2)o1)S(C)(=O)=O. The summed E-state index contributed by atoms with van der Waals surface area (Å²) in [6.07, 6.45) is 1.12. The lowest BCUT2D eigenvalue weighted by Crippen LogP contribution is -2.07. The Labute approximate surface area is 116 Å². The van der Waals surface area contributed by atoms with Gasteiger partial charge in [-0.15, -0.1) is 21.8 Å². The Balaban J connectivity index is 2.27. The summed E-state index contributed by atoms with van der Waals surface area (Å²) >= 11 is 6.22. The zero-order valence-corrected chi connectivity index (χ0v) is 12.0. The van der Waals surface area contributed by atoms with Gasteiger partial charge >= 0.3 is 0 Å². The normalized spacial score (nSPS) is 15.1. The smallest absolute Gasteiger partial charge is 0.238 e. The van der Waals surface area contributed by atoms with Crippen LogP contribution >= 0.6 is 11.6 Å². The Morgan fingerprint density at radius 1 is 1.16 bits per heavy atom. The van der Waals surface area contributed by atoms with Crippen LogP contribution in [-0.2, 0) is 9.84 Å². The van der Waals surface area contributed by atoms with Gasteiger partial charge in [-0.2, -0.15) is 0 Å². The van der Waals surface area contributed by atoms with Gasteiger partial charge in [0.2, 0.25) is 11.8 Å². The van der Waals surface area contributed by atoms with Crippen LogP contribution in [0, 0.1) is 0 Å². The molecule has 0 aliphatic heterocycles. The first kappa shape index (κ1) is 14.0. The van der Waals surface area contributed by atoms with Crippen LogP contribution in [0.3, 0.4) is 0 Å². The highest BCUT2D eigenvalue weighted by molar-refractivity contribution is 7.90. The average Bonchev–Trinajstić information content (AvgIpc) is 2.86. The number of halogens is 1. The van der Waals surface area contributed by atoms with E-state index in [9.17, 15) is 8.42 Å². The van der Waals surface area contributed by atoms with Crippen molar-refractivity contribution < 1.29 is 12.8 Å². The van der Waals surface area contributed by atoms with Crippen LogP contribution in [0.4, 0.5) is 0 Å². The van der Waals surface area contributed by atoms with Crippen molar-refractivity contribution in [3.63, 3.8) is 0 Å². The third-order valence-electron chi connectivity index (χ3n) is 2.76. The number of nitrogens with zero attached hydrogens (tertiary/aromatic N) is 2. The van der Waals surface area contributed by atoms with Gasteiger partial charge in [0.25, 0.3) is 0 Å². The molecule has 1 heterocycles. The molecule has 5 nitrogen and oxygen atoms in total. The predicted octanol–water partition coefficient (Wildman–Crippen LogP) is 2.50. The summed E-state index contributed by atoms with van der Waals surface area (Å²) in [5.74, 6) is 0.248. The lowest BCUT2D eigenvalue weighted by Gasteiger charge is -2.05. The van der Waals surface area contributed by atoms with Gasteiger partial charge in [0, 0.05) is 6.26 Å². The standard InChI is InChI=1S/C12H13ClN2O3S/c1-8(19(2,16)17)11-14-15-12(18-11)10(13)9-6-4-3-5-7-9/h3-8,10H,1-2H3. The first-order valence-corrected chi connectivity index (χ1v) is 8.00. The molecule has 2 unspecified atom stereocenters. The minimum Gasteiger partial charge on any atom is -0.422 e. The molecule has 1 aromatic carbocycles. The van der Waals surface area contributed by atoms with Crippen LogP contribution in [0.2, 0.25) is 0 Å². The molecular formula is C12H13ClN2O3S. The van der Waals surface area contributed by atoms with E-state index in [0.29, 0.717) is 0 Å². The molecular weight excluding hydrogens is 288 g/mol. The molecule has 0 amide bonds. The number of hydrogen-bond donors (Lipinski definition) is 0. The Morgan fingerprint density at radius 3 is 2.32 bits per heavy atom. The number of alkyl halides is 1. The molecule has 0 radical (unpaired) electrons. The second kappa shape index (κ2) is 5.30. The molecule has 2 aromatic rings. The van der Waals surface area contributed by atoms with E-state index in [2.05, 4.69) is 10.2 Å². The van der Waals surface area contributed by atoms with Crippen molar-refractivity contribution in [2.75, 3.05) is 6.26 Å². The zero-order chi connectivity index (χ0) is 14.0. The summed E-state index contributed by atoms with van der Waals surface area (Å²) in [6.45, 7) is 1.50. The van der Waals surface area contributed by atoms with Gasteiger partial charge in [0.15, 0.2) is 9.84 Å². The fourth-order valence-corrected chi connectivity index (χ4v) is 2.16. The van der Waals surface area contributed by atoms with Crippen LogP contribution < -0.4 is 0 Å². The topological polar surface area (TPSA) is 73.1 Å². The summed E-state index contributed by atoms with van der Waals surface area (Å²) in [7, 11) is -3.27. The van der Waals surface area contributed by atoms with E-state index in [-0.39, 0.29) is 11.8 Å². The maximum Gasteiger partial charge on any atom is 0.238 e. The van der Waals surface area contributed by atoms with Crippen LogP contribution in [0.15, 0.2) is 34.7 Å². The number of aromatic nitrogens is 2. The summed E-state index contributed by atoms with van der Waals surface area (Å²) in [6, 6.07) is 9.24. The maximum atomic E-state index is 11.4. The molecule has 19 heavy (non-hydrogen) atoms. The summed E-state index contributed by atoms with van der Waals surface area (Å²) in [4.78, 5) is 0. The molecule has 0 bridgehead atoms. The molecule has 0 saturated carbocycles. The molecule has 2 rings (SSSR count). The van der Waals surface area contributed by atoms with E-state index >= 15 is 0 Å². The van der Waals surface area contributed by atoms with Crippen LogP contribution in [0.25, 0.3) is 0 Å². The quantitative estimate of drug-likeness (QED) is 0.811. The minimum absolute atomic E-state index is 0.0547. The third kappa shape index (κ3) is 3.13. The molecule has 2 atom stereocenters. The van der Waals surface area contributed by atoms with E-state index in [1.54, 1.807) is 0 Å². The lowest BCUT2D eigenvalue weighted by molar-refractivity contribution is 0.449. The first-order chi connectivity index (χ1) is 8.89. The van der Waals surface area contributed by atoms with Crippen molar-refractivity contribution in [3.05, 3.63) is 47.7 Å². The largest absolute Gasteiger partial charge is 0.422 e. The predicted molar refractivity (Wildman–Crippen MR) is 71.7 cm³/mol. The van der Waals surface area contributed by atoms with Crippen molar-refractivity contribution in [1.82, 2.24) is 10.2 Å². The zero-order valence-electron chi connectivity index (χ0n) is 10.4. The van der Waals surface area contributed by atoms with Gasteiger partial charge in [-0.3, -0.25) is 0 Å². The minimum atomic E-state index is -3.27. The molecule has 0 aliphatic rings. The van der Waals surface area contributed by atoms with E-state index < -0.39 is 20.5 Å². The second-order valence-electron chi connectivity index (χ2n) is 4.22. The Hall–Kier alpha value is -1.40. The van der Waals surface area contributed by atoms with Gasteiger partial charge in [-0.05, 0) is 12.5 Å². The van der Waals surface area contributed by atoms with Crippen molar-refractivity contribution in [2.24, 2.45) is 0 Å². The molecule has 1 aromatic heterocycles. The molecule has 102 valence electrons. The van der Waals surface area contributed by atoms with Gasteiger partial charge in [0.05, 0.1) is 0 Å². The van der Waals surface area contributed by atoms with Crippen LogP contribution in [-0.4, -0.2) is 24.9 Å². The van der Waals surface area contributed by atoms with Gasteiger partial charge in [-0.1, -0.05) is 30.3 Å². The van der Waals surface area contributed by atoms with Crippen molar-refractivity contribution >= 4 is 21.4 Å². The van der Waals surface area contributed by atoms with Crippen molar-refractivity contribution in [3.8, 4) is 0 Å². The Morgan fingerprint density at radius 2 is 1.74 bits per heavy atom. The Kier molecular flexibility index (Phi) is 3.91. The van der Waals surface area contributed by atoms with Crippen molar-refractivity contribution in [1.29, 1.82) is 0 Å². The Bertz CT molecular complexity index is 655. The van der Waals surface area contributed by atoms with Crippen LogP contribution in [0.5, 0.6) is 0 Å². The maximum absolute atomic E-state index is 11.4. The molecule has 0 N–H and O–H groups in total. The number of rotatable bonds is 4. The summed E-state index contributed by atoms with van der Waals surface area (Å²) < 4.78 is 28.2. The summed E-state index contributed by atoms with van der Waals surface area (Å²) in [5, 5.41) is 6.13. The van der Waals surface area contributed by atoms with E-state index in [4.69, 9.17) is 16.0 Å². The first-order valence-electron chi connectivity index (χ1n) is 5.61. The highest BCUT2D eigenvalue weighted by Gasteiger charge is 2.25. The van der Waals surface area contributed by atoms with E-state index in [1.165, 1.54) is 6.92 Å². The third-order valence-corrected chi connectivity index (χ3v) is 4.68. The highest BCUT2D eigenvalue weighted by atomic mass is 35.5. The lowest BCUT2D eigenvalue weighted by atomic mass is 10.1. The number of benzene rings is 1. The van der Waals surface area contributed by atoms with E-state index in [1.807, 2.05) is 30.3 Å². The molecule has 7 heteroatoms. The highest BCUT2D eigenvalue weighted by Crippen LogP contribution is 2.29. The van der Waals surface area contributed by atoms with Gasteiger partial charge < -0.3 is 4.42 Å². The second-order valence-corrected chi connectivity index (χ2v) is 7.03. The van der Waals surface area contributed by atoms with Gasteiger partial charge in [0.1, 0.15) is 10.6 Å². The monoisotopic (exact) mass is 300 g/mol. The summed E-state index contributed by atoms with van der Waals surface area (Å²) in [5.41, 5.74) is 0.811. The van der Waals surface area contributed by atoms with Gasteiger partial charge in [-0.25, -0.2) is 8.42 Å². The fourth-order valence-electron chi connectivity index (χ4n) is 1.46. The van der Waals surface area contributed by atoms with Crippen molar-refractivity contribution in [2.45, 2.75) is 17.6 Å². The van der Waals surface area contributed by atoms with Crippen LogP contribution in [0.1, 0.15) is 34.9 Å². The molecule has 0 fully saturated rings. The van der Waals surface area contributed by atoms with E-state index in [0.717, 1.165) is 11.8 Å². The number of sulfone groups is 1. The fraction of sp³-hybridized carbons (Fsp3) is 0.333. The molecule has 0 saturated heterocycles. The molecule has 0 spiro atoms. The average molecular weight is 301 g/mol. The molecule has 0 aliphatic carbocycles.